The second-order valence-electron chi connectivity index (χ2n) is 6.23. The second kappa shape index (κ2) is 8.03. The van der Waals surface area contributed by atoms with Gasteiger partial charge in [-0.2, -0.15) is 0 Å². The van der Waals surface area contributed by atoms with Gasteiger partial charge in [0.1, 0.15) is 5.75 Å². The van der Waals surface area contributed by atoms with Crippen LogP contribution in [0, 0.1) is 0 Å². The third-order valence-electron chi connectivity index (χ3n) is 3.31. The van der Waals surface area contributed by atoms with Gasteiger partial charge in [-0.3, -0.25) is 9.69 Å². The minimum atomic E-state index is -0.757. The maximum atomic E-state index is 10.8. The number of carboxylic acids is 1. The van der Waals surface area contributed by atoms with Crippen LogP contribution in [0.1, 0.15) is 46.1 Å². The fraction of sp³-hybridized carbons (Fsp3) is 0.588. The van der Waals surface area contributed by atoms with Gasteiger partial charge in [-0.25, -0.2) is 0 Å². The van der Waals surface area contributed by atoms with E-state index in [2.05, 4.69) is 32.6 Å². The Bertz CT molecular complexity index is 434. The first-order valence-electron chi connectivity index (χ1n) is 7.51. The predicted molar refractivity (Wildman–Crippen MR) is 84.6 cm³/mol. The topological polar surface area (TPSA) is 49.8 Å². The zero-order valence-electron chi connectivity index (χ0n) is 13.6. The van der Waals surface area contributed by atoms with Crippen LogP contribution in [0.25, 0.3) is 0 Å². The zero-order chi connectivity index (χ0) is 15.9. The molecule has 0 aromatic heterocycles. The highest BCUT2D eigenvalue weighted by Crippen LogP contribution is 2.19. The Morgan fingerprint density at radius 2 is 1.86 bits per heavy atom. The van der Waals surface area contributed by atoms with Crippen LogP contribution >= 0.6 is 0 Å². The van der Waals surface area contributed by atoms with E-state index in [0.717, 1.165) is 25.3 Å². The fourth-order valence-electron chi connectivity index (χ4n) is 2.01. The first-order chi connectivity index (χ1) is 9.82. The molecule has 118 valence electrons. The van der Waals surface area contributed by atoms with E-state index in [-0.39, 0.29) is 12.0 Å². The number of aliphatic carboxylic acids is 1. The molecule has 4 heteroatoms. The van der Waals surface area contributed by atoms with Gasteiger partial charge in [0.05, 0.1) is 13.0 Å². The fourth-order valence-corrected chi connectivity index (χ4v) is 2.01. The molecule has 0 aliphatic rings. The van der Waals surface area contributed by atoms with Crippen molar-refractivity contribution in [2.75, 3.05) is 13.2 Å². The van der Waals surface area contributed by atoms with Crippen LogP contribution in [0.3, 0.4) is 0 Å². The number of ether oxygens (including phenoxy) is 1. The maximum absolute atomic E-state index is 10.8. The van der Waals surface area contributed by atoms with Crippen LogP contribution in [0.2, 0.25) is 0 Å². The third-order valence-corrected chi connectivity index (χ3v) is 3.31. The third kappa shape index (κ3) is 6.63. The van der Waals surface area contributed by atoms with Crippen molar-refractivity contribution in [3.63, 3.8) is 0 Å². The Hall–Kier alpha value is -1.55. The molecule has 4 nitrogen and oxygen atoms in total. The largest absolute Gasteiger partial charge is 0.494 e. The summed E-state index contributed by atoms with van der Waals surface area (Å²) >= 11 is 0. The van der Waals surface area contributed by atoms with Gasteiger partial charge < -0.3 is 9.84 Å². The highest BCUT2D eigenvalue weighted by Gasteiger charge is 2.21. The Labute approximate surface area is 127 Å². The van der Waals surface area contributed by atoms with Crippen LogP contribution in [-0.2, 0) is 11.3 Å². The van der Waals surface area contributed by atoms with Gasteiger partial charge in [0.15, 0.2) is 0 Å². The molecule has 1 N–H and O–H groups in total. The number of hydrogen-bond donors (Lipinski definition) is 1. The van der Waals surface area contributed by atoms with Gasteiger partial charge in [0, 0.05) is 18.6 Å². The molecule has 0 unspecified atom stereocenters. The lowest BCUT2D eigenvalue weighted by Crippen LogP contribution is -2.41. The van der Waals surface area contributed by atoms with Crippen molar-refractivity contribution < 1.29 is 14.6 Å². The van der Waals surface area contributed by atoms with E-state index in [0.29, 0.717) is 6.54 Å². The summed E-state index contributed by atoms with van der Waals surface area (Å²) in [4.78, 5) is 13.0. The van der Waals surface area contributed by atoms with Crippen molar-refractivity contribution in [3.8, 4) is 5.75 Å². The molecule has 0 heterocycles. The number of nitrogens with zero attached hydrogens (tertiary/aromatic N) is 1. The van der Waals surface area contributed by atoms with Gasteiger partial charge in [-0.05, 0) is 44.9 Å². The van der Waals surface area contributed by atoms with Gasteiger partial charge >= 0.3 is 5.97 Å². The highest BCUT2D eigenvalue weighted by molar-refractivity contribution is 5.66. The van der Waals surface area contributed by atoms with Gasteiger partial charge in [-0.1, -0.05) is 19.1 Å². The number of rotatable bonds is 8. The van der Waals surface area contributed by atoms with E-state index < -0.39 is 5.97 Å². The van der Waals surface area contributed by atoms with Gasteiger partial charge in [0.25, 0.3) is 0 Å². The SMILES string of the molecule is CCCOc1ccc(CN(CCC(=O)O)C(C)(C)C)cc1. The molecule has 0 atom stereocenters. The number of carbonyl (C=O) groups is 1. The lowest BCUT2D eigenvalue weighted by molar-refractivity contribution is -0.137. The summed E-state index contributed by atoms with van der Waals surface area (Å²) in [6.45, 7) is 10.4. The van der Waals surface area contributed by atoms with Crippen LogP contribution in [0.5, 0.6) is 5.75 Å². The molecule has 0 aliphatic heterocycles. The molecular formula is C17H27NO3. The monoisotopic (exact) mass is 293 g/mol. The van der Waals surface area contributed by atoms with Crippen LogP contribution < -0.4 is 4.74 Å². The van der Waals surface area contributed by atoms with E-state index in [1.165, 1.54) is 5.56 Å². The molecular weight excluding hydrogens is 266 g/mol. The Morgan fingerprint density at radius 1 is 1.24 bits per heavy atom. The van der Waals surface area contributed by atoms with Crippen molar-refractivity contribution in [3.05, 3.63) is 29.8 Å². The van der Waals surface area contributed by atoms with E-state index in [9.17, 15) is 4.79 Å². The normalized spacial score (nSPS) is 11.7. The van der Waals surface area contributed by atoms with E-state index in [1.54, 1.807) is 0 Å². The Kier molecular flexibility index (Phi) is 6.69. The van der Waals surface area contributed by atoms with Crippen LogP contribution in [-0.4, -0.2) is 34.7 Å². The van der Waals surface area contributed by atoms with Gasteiger partial charge in [-0.15, -0.1) is 0 Å². The molecule has 0 amide bonds. The van der Waals surface area contributed by atoms with E-state index in [4.69, 9.17) is 9.84 Å². The Morgan fingerprint density at radius 3 is 2.33 bits per heavy atom. The number of hydrogen-bond acceptors (Lipinski definition) is 3. The molecule has 0 fully saturated rings. The summed E-state index contributed by atoms with van der Waals surface area (Å²) in [6, 6.07) is 8.04. The summed E-state index contributed by atoms with van der Waals surface area (Å²) in [5.74, 6) is 0.126. The quantitative estimate of drug-likeness (QED) is 0.796. The van der Waals surface area contributed by atoms with Crippen molar-refractivity contribution in [2.24, 2.45) is 0 Å². The Balaban J connectivity index is 2.67. The summed E-state index contributed by atoms with van der Waals surface area (Å²) < 4.78 is 5.57. The van der Waals surface area contributed by atoms with E-state index in [1.807, 2.05) is 24.3 Å². The summed E-state index contributed by atoms with van der Waals surface area (Å²) in [5, 5.41) is 8.87. The zero-order valence-corrected chi connectivity index (χ0v) is 13.6. The smallest absolute Gasteiger partial charge is 0.304 e. The lowest BCUT2D eigenvalue weighted by atomic mass is 10.0. The molecule has 1 aromatic rings. The van der Waals surface area contributed by atoms with Crippen molar-refractivity contribution in [1.29, 1.82) is 0 Å². The number of carboxylic acid groups (broad SMARTS) is 1. The predicted octanol–water partition coefficient (Wildman–Crippen LogP) is 3.55. The average molecular weight is 293 g/mol. The molecule has 0 saturated carbocycles. The summed E-state index contributed by atoms with van der Waals surface area (Å²) in [6.07, 6.45) is 1.16. The van der Waals surface area contributed by atoms with Crippen LogP contribution in [0.4, 0.5) is 0 Å². The van der Waals surface area contributed by atoms with Crippen LogP contribution in [0.15, 0.2) is 24.3 Å². The highest BCUT2D eigenvalue weighted by atomic mass is 16.5. The van der Waals surface area contributed by atoms with Crippen molar-refractivity contribution >= 4 is 5.97 Å². The standard InChI is InChI=1S/C17H27NO3/c1-5-12-21-15-8-6-14(7-9-15)13-18(17(2,3)4)11-10-16(19)20/h6-9H,5,10-13H2,1-4H3,(H,19,20). The van der Waals surface area contributed by atoms with Gasteiger partial charge in [0.2, 0.25) is 0 Å². The minimum absolute atomic E-state index is 0.0627. The first kappa shape index (κ1) is 17.5. The first-order valence-corrected chi connectivity index (χ1v) is 7.51. The van der Waals surface area contributed by atoms with E-state index >= 15 is 0 Å². The molecule has 0 saturated heterocycles. The lowest BCUT2D eigenvalue weighted by Gasteiger charge is -2.35. The molecule has 21 heavy (non-hydrogen) atoms. The van der Waals surface area contributed by atoms with Crippen molar-refractivity contribution in [1.82, 2.24) is 4.90 Å². The average Bonchev–Trinajstić information content (AvgIpc) is 2.41. The molecule has 0 aliphatic carbocycles. The summed E-state index contributed by atoms with van der Waals surface area (Å²) in [5.41, 5.74) is 1.10. The van der Waals surface area contributed by atoms with Crippen molar-refractivity contribution in [2.45, 2.75) is 52.6 Å². The second-order valence-corrected chi connectivity index (χ2v) is 6.23. The molecule has 0 bridgehead atoms. The number of benzene rings is 1. The molecule has 1 aromatic carbocycles. The molecule has 0 spiro atoms. The minimum Gasteiger partial charge on any atom is -0.494 e. The maximum Gasteiger partial charge on any atom is 0.304 e. The molecule has 0 radical (unpaired) electrons. The molecule has 1 rings (SSSR count). The summed E-state index contributed by atoms with van der Waals surface area (Å²) in [7, 11) is 0.